The molecule has 0 spiro atoms. The molecule has 0 aliphatic carbocycles. The van der Waals surface area contributed by atoms with Crippen LogP contribution >= 0.6 is 0 Å². The quantitative estimate of drug-likeness (QED) is 0.0958. The number of aromatic hydroxyl groups is 1. The Morgan fingerprint density at radius 3 is 0.812 bits per heavy atom. The molecule has 0 radical (unpaired) electrons. The summed E-state index contributed by atoms with van der Waals surface area (Å²) in [6, 6.07) is 59.9. The van der Waals surface area contributed by atoms with Crippen molar-refractivity contribution in [3.05, 3.63) is 277 Å². The van der Waals surface area contributed by atoms with Gasteiger partial charge in [-0.3, -0.25) is 0 Å². The van der Waals surface area contributed by atoms with E-state index in [1.54, 1.807) is 55.6 Å². The highest BCUT2D eigenvalue weighted by molar-refractivity contribution is 7.92. The molecule has 1 aliphatic heterocycles. The molecule has 0 unspecified atom stereocenters. The molecular formula is C65H53F4NO11S4. The molecule has 0 amide bonds. The molecule has 20 heteroatoms. The number of hydrogen-bond donors (Lipinski definition) is 1. The van der Waals surface area contributed by atoms with Gasteiger partial charge in [-0.2, -0.15) is 0 Å². The number of anilines is 3. The number of hydrogen-bond acceptors (Lipinski definition) is 12. The second-order valence-corrected chi connectivity index (χ2v) is 27.0. The average molecular weight is 1230 g/mol. The van der Waals surface area contributed by atoms with Crippen LogP contribution in [0.1, 0.15) is 25.0 Å². The van der Waals surface area contributed by atoms with Gasteiger partial charge in [0.15, 0.2) is 0 Å². The van der Waals surface area contributed by atoms with E-state index >= 15 is 0 Å². The number of sulfone groups is 4. The van der Waals surface area contributed by atoms with Gasteiger partial charge in [0.05, 0.1) is 64.8 Å². The summed E-state index contributed by atoms with van der Waals surface area (Å²) < 4.78 is 160. The minimum Gasteiger partial charge on any atom is -0.508 e. The molecule has 12 nitrogen and oxygen atoms in total. The van der Waals surface area contributed by atoms with Gasteiger partial charge in [-0.15, -0.1) is 0 Å². The van der Waals surface area contributed by atoms with Crippen molar-refractivity contribution in [3.63, 3.8) is 0 Å². The third kappa shape index (κ3) is 14.0. The lowest BCUT2D eigenvalue weighted by Gasteiger charge is -2.42. The van der Waals surface area contributed by atoms with Gasteiger partial charge in [-0.1, -0.05) is 50.2 Å². The number of methoxy groups -OCH3 is 2. The van der Waals surface area contributed by atoms with Gasteiger partial charge in [-0.05, 0) is 217 Å². The number of para-hydroxylation sites is 2. The lowest BCUT2D eigenvalue weighted by Crippen LogP contribution is -2.30. The second kappa shape index (κ2) is 25.8. The van der Waals surface area contributed by atoms with Crippen LogP contribution in [0, 0.1) is 23.3 Å². The highest BCUT2D eigenvalue weighted by Crippen LogP contribution is 2.51. The maximum atomic E-state index is 13.1. The molecule has 436 valence electrons. The summed E-state index contributed by atoms with van der Waals surface area (Å²) in [6.07, 6.45) is 0. The number of ether oxygens (including phenoxy) is 2. The van der Waals surface area contributed by atoms with E-state index in [0.29, 0.717) is 11.5 Å². The summed E-state index contributed by atoms with van der Waals surface area (Å²) in [4.78, 5) is 2.95. The molecular weight excluding hydrogens is 1170 g/mol. The zero-order valence-corrected chi connectivity index (χ0v) is 49.0. The molecule has 0 saturated heterocycles. The predicted molar refractivity (Wildman–Crippen MR) is 315 cm³/mol. The number of phenols is 1. The molecule has 1 N–H and O–H groups in total. The fraction of sp³-hybridized carbons (Fsp3) is 0.0769. The van der Waals surface area contributed by atoms with Crippen molar-refractivity contribution < 1.29 is 65.8 Å². The second-order valence-electron chi connectivity index (χ2n) is 19.2. The van der Waals surface area contributed by atoms with E-state index in [2.05, 4.69) is 55.1 Å². The van der Waals surface area contributed by atoms with Crippen LogP contribution in [-0.4, -0.2) is 53.0 Å². The van der Waals surface area contributed by atoms with Crippen molar-refractivity contribution in [1.29, 1.82) is 0 Å². The van der Waals surface area contributed by atoms with Crippen LogP contribution in [0.5, 0.6) is 17.2 Å². The first-order chi connectivity index (χ1) is 40.4. The Morgan fingerprint density at radius 1 is 0.329 bits per heavy atom. The number of halogens is 4. The van der Waals surface area contributed by atoms with E-state index in [9.17, 15) is 51.2 Å². The van der Waals surface area contributed by atoms with E-state index in [4.69, 9.17) is 14.6 Å². The van der Waals surface area contributed by atoms with E-state index in [1.807, 2.05) is 24.3 Å². The summed E-state index contributed by atoms with van der Waals surface area (Å²) >= 11 is 0. The molecule has 85 heavy (non-hydrogen) atoms. The molecule has 11 rings (SSSR count). The molecule has 1 heterocycles. The largest absolute Gasteiger partial charge is 0.508 e. The highest BCUT2D eigenvalue weighted by Gasteiger charge is 2.36. The van der Waals surface area contributed by atoms with E-state index in [1.165, 1.54) is 103 Å². The van der Waals surface area contributed by atoms with Gasteiger partial charge in [0, 0.05) is 11.1 Å². The molecule has 0 fully saturated rings. The van der Waals surface area contributed by atoms with Gasteiger partial charge in [0.2, 0.25) is 39.3 Å². The normalized spacial score (nSPS) is 12.5. The third-order valence-corrected chi connectivity index (χ3v) is 20.6. The van der Waals surface area contributed by atoms with Crippen LogP contribution in [0.2, 0.25) is 0 Å². The van der Waals surface area contributed by atoms with Crippen molar-refractivity contribution >= 4 is 56.4 Å². The number of fused-ring (bicyclic) bond motifs is 2. The first-order valence-electron chi connectivity index (χ1n) is 25.6. The van der Waals surface area contributed by atoms with Gasteiger partial charge in [0.25, 0.3) is 0 Å². The Bertz CT molecular complexity index is 4140. The third-order valence-electron chi connectivity index (χ3n) is 13.4. The minimum absolute atomic E-state index is 0.0111. The Balaban J connectivity index is 0.000000156. The van der Waals surface area contributed by atoms with Crippen LogP contribution in [-0.2, 0) is 44.8 Å². The molecule has 10 aromatic rings. The minimum atomic E-state index is -3.71. The molecule has 10 aromatic carbocycles. The number of benzene rings is 10. The molecule has 1 aliphatic rings. The fourth-order valence-corrected chi connectivity index (χ4v) is 13.9. The van der Waals surface area contributed by atoms with Gasteiger partial charge >= 0.3 is 0 Å². The van der Waals surface area contributed by atoms with E-state index in [-0.39, 0.29) is 50.3 Å². The Kier molecular flexibility index (Phi) is 18.8. The first-order valence-corrected chi connectivity index (χ1v) is 31.5. The van der Waals surface area contributed by atoms with Gasteiger partial charge in [0.1, 0.15) is 40.5 Å². The number of phenolic OH excluding ortho intramolecular Hbond substituents is 1. The zero-order valence-electron chi connectivity index (χ0n) is 45.7. The van der Waals surface area contributed by atoms with E-state index in [0.717, 1.165) is 65.6 Å². The van der Waals surface area contributed by atoms with Crippen LogP contribution < -0.4 is 14.4 Å². The average Bonchev–Trinajstić information content (AvgIpc) is 1.14. The maximum absolute atomic E-state index is 13.1. The molecule has 0 saturated carbocycles. The van der Waals surface area contributed by atoms with Crippen LogP contribution in [0.4, 0.5) is 34.6 Å². The van der Waals surface area contributed by atoms with E-state index < -0.39 is 62.6 Å². The monoisotopic (exact) mass is 1230 g/mol. The highest BCUT2D eigenvalue weighted by atomic mass is 32.2. The van der Waals surface area contributed by atoms with Crippen LogP contribution in [0.15, 0.2) is 282 Å². The van der Waals surface area contributed by atoms with Crippen molar-refractivity contribution in [1.82, 2.24) is 0 Å². The Morgan fingerprint density at radius 2 is 0.553 bits per heavy atom. The van der Waals surface area contributed by atoms with Crippen molar-refractivity contribution in [2.24, 2.45) is 0 Å². The van der Waals surface area contributed by atoms with Crippen LogP contribution in [0.3, 0.4) is 0 Å². The lowest BCUT2D eigenvalue weighted by atomic mass is 9.73. The molecule has 0 aromatic heterocycles. The molecule has 0 atom stereocenters. The summed E-state index contributed by atoms with van der Waals surface area (Å²) in [5.74, 6) is -0.796. The van der Waals surface area contributed by atoms with Crippen molar-refractivity contribution in [3.8, 4) is 17.2 Å². The van der Waals surface area contributed by atoms with Crippen molar-refractivity contribution in [2.45, 2.75) is 58.4 Å². The maximum Gasteiger partial charge on any atom is 0.206 e. The summed E-state index contributed by atoms with van der Waals surface area (Å²) in [5.41, 5.74) is 5.46. The summed E-state index contributed by atoms with van der Waals surface area (Å²) in [6.45, 7) is 4.49. The topological polar surface area (TPSA) is 178 Å². The number of rotatable bonds is 11. The zero-order chi connectivity index (χ0) is 61.3. The fourth-order valence-electron chi connectivity index (χ4n) is 8.86. The predicted octanol–water partition coefficient (Wildman–Crippen LogP) is 14.5. The van der Waals surface area contributed by atoms with Crippen molar-refractivity contribution in [2.75, 3.05) is 19.1 Å². The lowest BCUT2D eigenvalue weighted by molar-refractivity contribution is 0.414. The van der Waals surface area contributed by atoms with Gasteiger partial charge < -0.3 is 19.5 Å². The Labute approximate surface area is 491 Å². The smallest absolute Gasteiger partial charge is 0.206 e. The van der Waals surface area contributed by atoms with Gasteiger partial charge in [-0.25, -0.2) is 51.2 Å². The standard InChI is InChI=1S/C28H25NO3S.C13H11FO3S.C12H8F2O2S.C12H9FO3S/c1-28(2)24-8-4-6-10-26(24)29(27-11-7-5-9-25(27)28)20-12-16-22(17-13-20)33(30,31)23-18-14-21(32-3)15-19-23;1-17-11-4-8-13(9-5-11)18(15,16)12-6-2-10(14)3-7-12;2*13-9-1-5-11(6-2-9)17(15,16)12-7-3-10(14)4-8-12/h4-19H,1-3H3;2-9H,1H3;1-8H;1-8,14H. The number of nitrogens with zero attached hydrogens (tertiary/aromatic N) is 1. The summed E-state index contributed by atoms with van der Waals surface area (Å²) in [5, 5.41) is 9.08. The Hall–Kier alpha value is -9.08. The SMILES string of the molecule is COc1ccc(S(=O)(=O)c2ccc(F)cc2)cc1.COc1ccc(S(=O)(=O)c2ccc(N3c4ccccc4C(C)(C)c4ccccc43)cc2)cc1.O=S(=O)(c1ccc(F)cc1)c1ccc(F)cc1.O=S(=O)(c1ccc(O)cc1)c1ccc(F)cc1. The first kappa shape index (κ1) is 62.0. The summed E-state index contributed by atoms with van der Waals surface area (Å²) in [7, 11) is -11.5. The molecule has 0 bridgehead atoms. The van der Waals surface area contributed by atoms with Crippen LogP contribution in [0.25, 0.3) is 0 Å².